The minimum Gasteiger partial charge on any atom is -0.0996 e. The summed E-state index contributed by atoms with van der Waals surface area (Å²) in [6, 6.07) is 0. The van der Waals surface area contributed by atoms with Gasteiger partial charge in [0.05, 0.1) is 0 Å². The highest BCUT2D eigenvalue weighted by Crippen LogP contribution is 2.58. The van der Waals surface area contributed by atoms with Gasteiger partial charge in [-0.25, -0.2) is 0 Å². The second kappa shape index (κ2) is 9.62. The van der Waals surface area contributed by atoms with E-state index >= 15 is 0 Å². The van der Waals surface area contributed by atoms with Gasteiger partial charge in [0.15, 0.2) is 0 Å². The van der Waals surface area contributed by atoms with E-state index in [1.54, 1.807) is 5.57 Å². The Bertz CT molecular complexity index is 702. The molecule has 3 saturated carbocycles. The van der Waals surface area contributed by atoms with Crippen LogP contribution >= 0.6 is 0 Å². The first kappa shape index (κ1) is 23.6. The molecule has 0 aliphatic heterocycles. The van der Waals surface area contributed by atoms with E-state index in [0.717, 1.165) is 30.6 Å². The maximum absolute atomic E-state index is 4.44. The third kappa shape index (κ3) is 5.05. The Morgan fingerprint density at radius 2 is 1.87 bits per heavy atom. The molecular weight excluding hydrogens is 360 g/mol. The van der Waals surface area contributed by atoms with Crippen LogP contribution in [0.2, 0.25) is 0 Å². The highest BCUT2D eigenvalue weighted by Gasteiger charge is 2.48. The monoisotopic (exact) mass is 408 g/mol. The fourth-order valence-corrected chi connectivity index (χ4v) is 6.80. The van der Waals surface area contributed by atoms with Crippen molar-refractivity contribution in [1.82, 2.24) is 0 Å². The number of unbranched alkanes of at least 4 members (excludes halogenated alkanes) is 1. The first-order chi connectivity index (χ1) is 14.2. The predicted octanol–water partition coefficient (Wildman–Crippen LogP) is 9.59. The summed E-state index contributed by atoms with van der Waals surface area (Å²) in [5.74, 6) is 2.64. The van der Waals surface area contributed by atoms with Crippen LogP contribution in [0, 0.1) is 28.6 Å². The molecule has 0 heteroatoms. The Hall–Kier alpha value is -1.04. The third-order valence-electron chi connectivity index (χ3n) is 9.28. The Kier molecular flexibility index (Phi) is 7.57. The standard InChI is InChI=1S/C30H48/c1-22(2)11-8-9-13-27-16-17-28-26(12-10-19-30(27,28)7)15-14-25-18-20-29(6,23(3)4)21-24(25)5/h14-15,22,27-28H,3,5,8-13,16-21H2,1-2,4,6-7H3/b25-14+,26-15+. The van der Waals surface area contributed by atoms with Gasteiger partial charge in [0.2, 0.25) is 0 Å². The van der Waals surface area contributed by atoms with E-state index in [-0.39, 0.29) is 5.41 Å². The minimum atomic E-state index is 0.249. The molecule has 3 aliphatic carbocycles. The van der Waals surface area contributed by atoms with Gasteiger partial charge in [-0.3, -0.25) is 0 Å². The second-order valence-corrected chi connectivity index (χ2v) is 11.9. The molecule has 3 rings (SSSR count). The van der Waals surface area contributed by atoms with E-state index in [1.807, 2.05) is 0 Å². The van der Waals surface area contributed by atoms with E-state index in [4.69, 9.17) is 0 Å². The van der Waals surface area contributed by atoms with Gasteiger partial charge in [0, 0.05) is 0 Å². The molecule has 0 radical (unpaired) electrons. The van der Waals surface area contributed by atoms with E-state index in [9.17, 15) is 0 Å². The van der Waals surface area contributed by atoms with Gasteiger partial charge in [-0.15, -0.1) is 0 Å². The van der Waals surface area contributed by atoms with Crippen LogP contribution in [0.1, 0.15) is 112 Å². The summed E-state index contributed by atoms with van der Waals surface area (Å²) in [5, 5.41) is 0. The van der Waals surface area contributed by atoms with Gasteiger partial charge < -0.3 is 0 Å². The lowest BCUT2D eigenvalue weighted by molar-refractivity contribution is 0.127. The van der Waals surface area contributed by atoms with Gasteiger partial charge >= 0.3 is 0 Å². The van der Waals surface area contributed by atoms with Crippen LogP contribution in [-0.4, -0.2) is 0 Å². The quantitative estimate of drug-likeness (QED) is 0.290. The maximum Gasteiger partial charge on any atom is -0.00784 e. The summed E-state index contributed by atoms with van der Waals surface area (Å²) >= 11 is 0. The van der Waals surface area contributed by atoms with E-state index in [0.29, 0.717) is 5.41 Å². The zero-order valence-corrected chi connectivity index (χ0v) is 20.8. The van der Waals surface area contributed by atoms with Crippen molar-refractivity contribution in [3.8, 4) is 0 Å². The van der Waals surface area contributed by atoms with Crippen molar-refractivity contribution in [3.63, 3.8) is 0 Å². The molecule has 0 aromatic rings. The number of fused-ring (bicyclic) bond motifs is 1. The molecule has 0 N–H and O–H groups in total. The van der Waals surface area contributed by atoms with Crippen molar-refractivity contribution >= 4 is 0 Å². The molecule has 168 valence electrons. The molecule has 3 fully saturated rings. The zero-order chi connectivity index (χ0) is 21.9. The van der Waals surface area contributed by atoms with Crippen molar-refractivity contribution in [2.24, 2.45) is 28.6 Å². The Labute approximate surface area is 188 Å². The summed E-state index contributed by atoms with van der Waals surface area (Å²) in [6.07, 6.45) is 21.2. The molecule has 0 nitrogen and oxygen atoms in total. The topological polar surface area (TPSA) is 0 Å². The summed E-state index contributed by atoms with van der Waals surface area (Å²) < 4.78 is 0. The fraction of sp³-hybridized carbons (Fsp3) is 0.733. The number of rotatable bonds is 7. The van der Waals surface area contributed by atoms with Crippen LogP contribution in [0.25, 0.3) is 0 Å². The molecule has 0 amide bonds. The largest absolute Gasteiger partial charge is 0.0996 e. The van der Waals surface area contributed by atoms with Crippen molar-refractivity contribution in [2.75, 3.05) is 0 Å². The van der Waals surface area contributed by atoms with Gasteiger partial charge in [-0.05, 0) is 98.9 Å². The maximum atomic E-state index is 4.44. The van der Waals surface area contributed by atoms with Crippen molar-refractivity contribution in [2.45, 2.75) is 112 Å². The molecule has 0 aromatic carbocycles. The first-order valence-corrected chi connectivity index (χ1v) is 12.9. The first-order valence-electron chi connectivity index (χ1n) is 12.9. The average molecular weight is 409 g/mol. The van der Waals surface area contributed by atoms with E-state index < -0.39 is 0 Å². The molecule has 0 bridgehead atoms. The number of allylic oxidation sites excluding steroid dienone is 6. The molecular formula is C30H48. The van der Waals surface area contributed by atoms with Gasteiger partial charge in [-0.1, -0.05) is 89.0 Å². The molecule has 0 spiro atoms. The average Bonchev–Trinajstić information content (AvgIpc) is 3.01. The highest BCUT2D eigenvalue weighted by molar-refractivity contribution is 5.38. The number of hydrogen-bond donors (Lipinski definition) is 0. The van der Waals surface area contributed by atoms with Gasteiger partial charge in [0.1, 0.15) is 0 Å². The lowest BCUT2D eigenvalue weighted by Gasteiger charge is -2.42. The predicted molar refractivity (Wildman–Crippen MR) is 134 cm³/mol. The molecule has 30 heavy (non-hydrogen) atoms. The Morgan fingerprint density at radius 3 is 2.53 bits per heavy atom. The molecule has 4 unspecified atom stereocenters. The molecule has 4 atom stereocenters. The molecule has 0 saturated heterocycles. The Balaban J connectivity index is 1.65. The lowest BCUT2D eigenvalue weighted by atomic mass is 9.62. The van der Waals surface area contributed by atoms with Crippen molar-refractivity contribution < 1.29 is 0 Å². The lowest BCUT2D eigenvalue weighted by Crippen LogP contribution is -2.33. The second-order valence-electron chi connectivity index (χ2n) is 11.9. The minimum absolute atomic E-state index is 0.249. The van der Waals surface area contributed by atoms with Gasteiger partial charge in [0.25, 0.3) is 0 Å². The molecule has 3 aliphatic rings. The van der Waals surface area contributed by atoms with Crippen molar-refractivity contribution in [1.29, 1.82) is 0 Å². The Morgan fingerprint density at radius 1 is 1.10 bits per heavy atom. The molecule has 0 aromatic heterocycles. The smallest absolute Gasteiger partial charge is 0.00784 e. The summed E-state index contributed by atoms with van der Waals surface area (Å²) in [7, 11) is 0. The third-order valence-corrected chi connectivity index (χ3v) is 9.28. The van der Waals surface area contributed by atoms with Crippen molar-refractivity contribution in [3.05, 3.63) is 47.6 Å². The summed E-state index contributed by atoms with van der Waals surface area (Å²) in [6.45, 7) is 20.6. The molecule has 0 heterocycles. The van der Waals surface area contributed by atoms with Crippen LogP contribution in [0.15, 0.2) is 47.6 Å². The van der Waals surface area contributed by atoms with Crippen LogP contribution in [-0.2, 0) is 0 Å². The summed E-state index contributed by atoms with van der Waals surface area (Å²) in [4.78, 5) is 0. The van der Waals surface area contributed by atoms with Gasteiger partial charge in [-0.2, -0.15) is 0 Å². The highest BCUT2D eigenvalue weighted by atomic mass is 14.5. The fourth-order valence-electron chi connectivity index (χ4n) is 6.80. The normalized spacial score (nSPS) is 37.2. The van der Waals surface area contributed by atoms with Crippen LogP contribution < -0.4 is 0 Å². The van der Waals surface area contributed by atoms with E-state index in [2.05, 4.69) is 59.9 Å². The van der Waals surface area contributed by atoms with Crippen LogP contribution in [0.4, 0.5) is 0 Å². The zero-order valence-electron chi connectivity index (χ0n) is 20.8. The number of hydrogen-bond acceptors (Lipinski definition) is 0. The SMILES string of the molecule is C=C1CC(C)(C(=C)C)CC/C1=C\C=C1/CCCC2(C)C(CCCCC(C)C)CCC12. The van der Waals surface area contributed by atoms with Crippen LogP contribution in [0.5, 0.6) is 0 Å². The summed E-state index contributed by atoms with van der Waals surface area (Å²) in [5.41, 5.74) is 6.71. The van der Waals surface area contributed by atoms with E-state index in [1.165, 1.54) is 80.9 Å². The van der Waals surface area contributed by atoms with Crippen LogP contribution in [0.3, 0.4) is 0 Å².